The van der Waals surface area contributed by atoms with Crippen molar-refractivity contribution in [3.8, 4) is 0 Å². The SMILES string of the molecule is Cc1cnc(Sc2c([N+](=O)[O-])ccc(F)c2F)nc1. The van der Waals surface area contributed by atoms with E-state index in [0.717, 1.165) is 11.6 Å². The zero-order valence-electron chi connectivity index (χ0n) is 9.63. The number of nitro groups is 1. The lowest BCUT2D eigenvalue weighted by Gasteiger charge is -2.04. The molecular formula is C11H7F2N3O2S. The molecule has 0 bridgehead atoms. The van der Waals surface area contributed by atoms with Crippen molar-refractivity contribution < 1.29 is 13.7 Å². The van der Waals surface area contributed by atoms with Crippen molar-refractivity contribution in [2.75, 3.05) is 0 Å². The van der Waals surface area contributed by atoms with Gasteiger partial charge in [-0.15, -0.1) is 0 Å². The van der Waals surface area contributed by atoms with Crippen LogP contribution >= 0.6 is 11.8 Å². The standard InChI is InChI=1S/C11H7F2N3O2S/c1-6-4-14-11(15-5-6)19-10-8(16(17)18)3-2-7(12)9(10)13/h2-5H,1H3. The number of aromatic nitrogens is 2. The summed E-state index contributed by atoms with van der Waals surface area (Å²) in [5, 5.41) is 10.9. The van der Waals surface area contributed by atoms with E-state index in [2.05, 4.69) is 9.97 Å². The molecule has 0 aliphatic carbocycles. The second-order valence-electron chi connectivity index (χ2n) is 3.61. The number of benzene rings is 1. The van der Waals surface area contributed by atoms with Gasteiger partial charge in [0.1, 0.15) is 4.90 Å². The summed E-state index contributed by atoms with van der Waals surface area (Å²) in [4.78, 5) is 17.3. The van der Waals surface area contributed by atoms with Gasteiger partial charge in [0.25, 0.3) is 5.69 Å². The molecule has 1 heterocycles. The molecule has 0 fully saturated rings. The predicted molar refractivity (Wildman–Crippen MR) is 63.9 cm³/mol. The van der Waals surface area contributed by atoms with E-state index in [9.17, 15) is 18.9 Å². The van der Waals surface area contributed by atoms with Crippen LogP contribution in [0, 0.1) is 28.7 Å². The summed E-state index contributed by atoms with van der Waals surface area (Å²) in [6, 6.07) is 1.63. The van der Waals surface area contributed by atoms with Gasteiger partial charge in [0.05, 0.1) is 4.92 Å². The van der Waals surface area contributed by atoms with E-state index < -0.39 is 27.1 Å². The molecule has 8 heteroatoms. The number of hydrogen-bond donors (Lipinski definition) is 0. The Balaban J connectivity index is 2.46. The first-order chi connectivity index (χ1) is 8.99. The molecule has 0 unspecified atom stereocenters. The molecule has 0 radical (unpaired) electrons. The molecule has 2 aromatic rings. The number of hydrogen-bond acceptors (Lipinski definition) is 5. The molecule has 5 nitrogen and oxygen atoms in total. The van der Waals surface area contributed by atoms with Gasteiger partial charge in [-0.3, -0.25) is 10.1 Å². The Bertz CT molecular complexity index is 635. The Kier molecular flexibility index (Phi) is 3.70. The Morgan fingerprint density at radius 3 is 2.47 bits per heavy atom. The Morgan fingerprint density at radius 2 is 1.89 bits per heavy atom. The van der Waals surface area contributed by atoms with E-state index >= 15 is 0 Å². The number of nitrogens with zero attached hydrogens (tertiary/aromatic N) is 3. The zero-order chi connectivity index (χ0) is 14.0. The van der Waals surface area contributed by atoms with E-state index in [1.807, 2.05) is 0 Å². The summed E-state index contributed by atoms with van der Waals surface area (Å²) in [5.74, 6) is -2.43. The van der Waals surface area contributed by atoms with Crippen LogP contribution in [0.3, 0.4) is 0 Å². The van der Waals surface area contributed by atoms with E-state index in [1.54, 1.807) is 6.92 Å². The molecule has 98 valence electrons. The van der Waals surface area contributed by atoms with E-state index in [0.29, 0.717) is 17.8 Å². The molecule has 19 heavy (non-hydrogen) atoms. The third-order valence-electron chi connectivity index (χ3n) is 2.18. The summed E-state index contributed by atoms with van der Waals surface area (Å²) in [5.41, 5.74) is 0.270. The van der Waals surface area contributed by atoms with Gasteiger partial charge in [0.2, 0.25) is 0 Å². The fourth-order valence-corrected chi connectivity index (χ4v) is 2.12. The van der Waals surface area contributed by atoms with Crippen LogP contribution in [0.15, 0.2) is 34.6 Å². The second kappa shape index (κ2) is 5.27. The first-order valence-electron chi connectivity index (χ1n) is 5.08. The fraction of sp³-hybridized carbons (Fsp3) is 0.0909. The molecule has 0 aliphatic rings. The molecule has 0 saturated heterocycles. The zero-order valence-corrected chi connectivity index (χ0v) is 10.4. The van der Waals surface area contributed by atoms with Gasteiger partial charge < -0.3 is 0 Å². The fourth-order valence-electron chi connectivity index (χ4n) is 1.29. The number of rotatable bonds is 3. The molecular weight excluding hydrogens is 276 g/mol. The molecule has 0 spiro atoms. The molecule has 0 amide bonds. The summed E-state index contributed by atoms with van der Waals surface area (Å²) in [7, 11) is 0. The number of halogens is 2. The van der Waals surface area contributed by atoms with Gasteiger partial charge in [0, 0.05) is 18.5 Å². The van der Waals surface area contributed by atoms with Crippen LogP contribution in [-0.2, 0) is 0 Å². The first kappa shape index (κ1) is 13.3. The highest BCUT2D eigenvalue weighted by Crippen LogP contribution is 2.36. The van der Waals surface area contributed by atoms with E-state index in [1.165, 1.54) is 12.4 Å². The van der Waals surface area contributed by atoms with Crippen LogP contribution in [0.4, 0.5) is 14.5 Å². The number of aryl methyl sites for hydroxylation is 1. The maximum Gasteiger partial charge on any atom is 0.286 e. The normalized spacial score (nSPS) is 10.5. The molecule has 1 aromatic carbocycles. The highest BCUT2D eigenvalue weighted by molar-refractivity contribution is 7.99. The average molecular weight is 283 g/mol. The van der Waals surface area contributed by atoms with E-state index in [-0.39, 0.29) is 5.16 Å². The molecule has 0 aliphatic heterocycles. The lowest BCUT2D eigenvalue weighted by atomic mass is 10.3. The van der Waals surface area contributed by atoms with Crippen molar-refractivity contribution in [1.29, 1.82) is 0 Å². The monoisotopic (exact) mass is 283 g/mol. The quantitative estimate of drug-likeness (QED) is 0.492. The van der Waals surface area contributed by atoms with Crippen LogP contribution in [0.1, 0.15) is 5.56 Å². The third kappa shape index (κ3) is 2.84. The number of nitro benzene ring substituents is 1. The van der Waals surface area contributed by atoms with Crippen molar-refractivity contribution in [2.24, 2.45) is 0 Å². The molecule has 2 rings (SSSR count). The minimum Gasteiger partial charge on any atom is -0.258 e. The van der Waals surface area contributed by atoms with Gasteiger partial charge in [0.15, 0.2) is 16.8 Å². The summed E-state index contributed by atoms with van der Waals surface area (Å²) >= 11 is 0.613. The molecule has 1 aromatic heterocycles. The maximum atomic E-state index is 13.6. The van der Waals surface area contributed by atoms with Crippen LogP contribution in [0.5, 0.6) is 0 Å². The predicted octanol–water partition coefficient (Wildman–Crippen LogP) is 3.12. The Hall–Kier alpha value is -2.09. The lowest BCUT2D eigenvalue weighted by molar-refractivity contribution is -0.388. The topological polar surface area (TPSA) is 68.9 Å². The average Bonchev–Trinajstić information content (AvgIpc) is 2.37. The van der Waals surface area contributed by atoms with Crippen LogP contribution in [0.25, 0.3) is 0 Å². The van der Waals surface area contributed by atoms with E-state index in [4.69, 9.17) is 0 Å². The van der Waals surface area contributed by atoms with Gasteiger partial charge in [-0.25, -0.2) is 18.7 Å². The van der Waals surface area contributed by atoms with Gasteiger partial charge in [-0.2, -0.15) is 0 Å². The van der Waals surface area contributed by atoms with Crippen molar-refractivity contribution in [3.05, 3.63) is 51.8 Å². The Morgan fingerprint density at radius 1 is 1.26 bits per heavy atom. The third-order valence-corrected chi connectivity index (χ3v) is 3.16. The van der Waals surface area contributed by atoms with Crippen LogP contribution in [-0.4, -0.2) is 14.9 Å². The van der Waals surface area contributed by atoms with Crippen LogP contribution < -0.4 is 0 Å². The largest absolute Gasteiger partial charge is 0.286 e. The Labute approximate surface area is 110 Å². The van der Waals surface area contributed by atoms with Crippen molar-refractivity contribution in [1.82, 2.24) is 9.97 Å². The molecule has 0 saturated carbocycles. The van der Waals surface area contributed by atoms with Gasteiger partial charge >= 0.3 is 0 Å². The first-order valence-corrected chi connectivity index (χ1v) is 5.89. The molecule has 0 N–H and O–H groups in total. The van der Waals surface area contributed by atoms with Crippen LogP contribution in [0.2, 0.25) is 0 Å². The molecule has 0 atom stereocenters. The van der Waals surface area contributed by atoms with Crippen molar-refractivity contribution in [2.45, 2.75) is 17.0 Å². The minimum atomic E-state index is -1.27. The second-order valence-corrected chi connectivity index (χ2v) is 4.59. The summed E-state index contributed by atoms with van der Waals surface area (Å²) in [6.07, 6.45) is 2.97. The van der Waals surface area contributed by atoms with Gasteiger partial charge in [-0.1, -0.05) is 0 Å². The smallest absolute Gasteiger partial charge is 0.258 e. The van der Waals surface area contributed by atoms with Crippen molar-refractivity contribution >= 4 is 17.4 Å². The minimum absolute atomic E-state index is 0.109. The lowest BCUT2D eigenvalue weighted by Crippen LogP contribution is -1.97. The highest BCUT2D eigenvalue weighted by Gasteiger charge is 2.23. The summed E-state index contributed by atoms with van der Waals surface area (Å²) < 4.78 is 26.8. The highest BCUT2D eigenvalue weighted by atomic mass is 32.2. The summed E-state index contributed by atoms with van der Waals surface area (Å²) in [6.45, 7) is 1.76. The van der Waals surface area contributed by atoms with Gasteiger partial charge in [-0.05, 0) is 30.3 Å². The van der Waals surface area contributed by atoms with Crippen molar-refractivity contribution in [3.63, 3.8) is 0 Å². The maximum absolute atomic E-state index is 13.6.